The number of ether oxygens (including phenoxy) is 1. The third kappa shape index (κ3) is 3.30. The molecule has 1 fully saturated rings. The van der Waals surface area contributed by atoms with E-state index in [1.807, 2.05) is 38.7 Å². The predicted octanol–water partition coefficient (Wildman–Crippen LogP) is 2.82. The molecule has 0 aliphatic carbocycles. The van der Waals surface area contributed by atoms with E-state index in [1.54, 1.807) is 11.3 Å². The van der Waals surface area contributed by atoms with Gasteiger partial charge in [0.05, 0.1) is 18.7 Å². The molecule has 1 atom stereocenters. The zero-order chi connectivity index (χ0) is 16.6. The van der Waals surface area contributed by atoms with Gasteiger partial charge in [-0.1, -0.05) is 13.8 Å². The van der Waals surface area contributed by atoms with Gasteiger partial charge in [-0.2, -0.15) is 5.10 Å². The smallest absolute Gasteiger partial charge is 0.255 e. The normalized spacial score (nSPS) is 18.7. The van der Waals surface area contributed by atoms with E-state index >= 15 is 0 Å². The molecule has 1 aliphatic heterocycles. The second-order valence-electron chi connectivity index (χ2n) is 6.17. The number of aromatic amines is 1. The van der Waals surface area contributed by atoms with Crippen molar-refractivity contribution in [1.82, 2.24) is 20.1 Å². The Morgan fingerprint density at radius 2 is 2.26 bits per heavy atom. The van der Waals surface area contributed by atoms with Gasteiger partial charge in [-0.15, -0.1) is 11.3 Å². The van der Waals surface area contributed by atoms with Crippen molar-refractivity contribution in [3.63, 3.8) is 0 Å². The van der Waals surface area contributed by atoms with E-state index in [4.69, 9.17) is 4.74 Å². The Bertz CT molecular complexity index is 707. The van der Waals surface area contributed by atoms with Crippen LogP contribution in [0.25, 0.3) is 0 Å². The molecule has 7 heteroatoms. The Kier molecular flexibility index (Phi) is 4.50. The summed E-state index contributed by atoms with van der Waals surface area (Å²) < 4.78 is 5.78. The predicted molar refractivity (Wildman–Crippen MR) is 88.9 cm³/mol. The van der Waals surface area contributed by atoms with E-state index in [0.29, 0.717) is 25.5 Å². The van der Waals surface area contributed by atoms with Crippen molar-refractivity contribution in [2.24, 2.45) is 0 Å². The van der Waals surface area contributed by atoms with Crippen LogP contribution < -0.4 is 0 Å². The van der Waals surface area contributed by atoms with Gasteiger partial charge in [-0.05, 0) is 19.9 Å². The van der Waals surface area contributed by atoms with Gasteiger partial charge >= 0.3 is 0 Å². The highest BCUT2D eigenvalue weighted by atomic mass is 32.1. The number of rotatable bonds is 3. The molecule has 6 nitrogen and oxygen atoms in total. The minimum atomic E-state index is -0.243. The molecule has 0 saturated carbocycles. The van der Waals surface area contributed by atoms with Crippen molar-refractivity contribution in [2.45, 2.75) is 39.7 Å². The molecule has 23 heavy (non-hydrogen) atoms. The Labute approximate surface area is 139 Å². The van der Waals surface area contributed by atoms with Crippen LogP contribution >= 0.6 is 11.3 Å². The fourth-order valence-electron chi connectivity index (χ4n) is 2.70. The van der Waals surface area contributed by atoms with Crippen molar-refractivity contribution < 1.29 is 9.53 Å². The molecule has 1 N–H and O–H groups in total. The molecule has 3 rings (SSSR count). The van der Waals surface area contributed by atoms with Gasteiger partial charge in [-0.3, -0.25) is 9.89 Å². The Hall–Kier alpha value is -1.73. The lowest BCUT2D eigenvalue weighted by Crippen LogP contribution is -2.42. The van der Waals surface area contributed by atoms with Gasteiger partial charge in [0.25, 0.3) is 5.91 Å². The number of amides is 1. The summed E-state index contributed by atoms with van der Waals surface area (Å²) in [7, 11) is 0. The highest BCUT2D eigenvalue weighted by Crippen LogP contribution is 2.25. The Balaban J connectivity index is 1.75. The van der Waals surface area contributed by atoms with Gasteiger partial charge < -0.3 is 9.64 Å². The quantitative estimate of drug-likeness (QED) is 0.937. The standard InChI is InChI=1S/C16H22N4O2S/c1-9(2)14-17-15(19-18-14)13-8-20(5-6-22-13)16(21)12-7-10(3)23-11(12)4/h7,9,13H,5-6,8H2,1-4H3,(H,17,18,19)/t13-/m0/s1. The highest BCUT2D eigenvalue weighted by Gasteiger charge is 2.29. The van der Waals surface area contributed by atoms with Crippen LogP contribution in [0.3, 0.4) is 0 Å². The van der Waals surface area contributed by atoms with Crippen molar-refractivity contribution in [1.29, 1.82) is 0 Å². The van der Waals surface area contributed by atoms with E-state index in [-0.39, 0.29) is 17.9 Å². The number of hydrogen-bond donors (Lipinski definition) is 1. The third-order valence-corrected chi connectivity index (χ3v) is 4.93. The van der Waals surface area contributed by atoms with Crippen LogP contribution in [-0.2, 0) is 4.74 Å². The highest BCUT2D eigenvalue weighted by molar-refractivity contribution is 7.12. The summed E-state index contributed by atoms with van der Waals surface area (Å²) in [6, 6.07) is 1.97. The molecule has 0 radical (unpaired) electrons. The molecule has 0 aromatic carbocycles. The number of H-pyrrole nitrogens is 1. The van der Waals surface area contributed by atoms with Crippen LogP contribution in [0.5, 0.6) is 0 Å². The van der Waals surface area contributed by atoms with Gasteiger partial charge in [0.2, 0.25) is 0 Å². The van der Waals surface area contributed by atoms with Crippen molar-refractivity contribution in [3.05, 3.63) is 33.0 Å². The number of morpholine rings is 1. The first-order valence-corrected chi connectivity index (χ1v) is 8.67. The molecule has 1 aliphatic rings. The van der Waals surface area contributed by atoms with Crippen LogP contribution in [0.2, 0.25) is 0 Å². The average molecular weight is 334 g/mol. The third-order valence-electron chi connectivity index (χ3n) is 3.97. The number of nitrogens with one attached hydrogen (secondary N) is 1. The van der Waals surface area contributed by atoms with Gasteiger partial charge in [0.15, 0.2) is 11.6 Å². The first kappa shape index (κ1) is 16.1. The summed E-state index contributed by atoms with van der Waals surface area (Å²) >= 11 is 1.66. The number of aromatic nitrogens is 3. The van der Waals surface area contributed by atoms with E-state index in [1.165, 1.54) is 0 Å². The molecular formula is C16H22N4O2S. The molecule has 0 spiro atoms. The molecule has 2 aromatic heterocycles. The second kappa shape index (κ2) is 6.41. The van der Waals surface area contributed by atoms with Crippen molar-refractivity contribution >= 4 is 17.2 Å². The summed E-state index contributed by atoms with van der Waals surface area (Å²) in [6.07, 6.45) is -0.243. The van der Waals surface area contributed by atoms with Crippen molar-refractivity contribution in [3.8, 4) is 0 Å². The van der Waals surface area contributed by atoms with Gasteiger partial charge in [0, 0.05) is 22.2 Å². The molecule has 0 unspecified atom stereocenters. The molecule has 1 amide bonds. The van der Waals surface area contributed by atoms with Crippen LogP contribution in [-0.4, -0.2) is 45.7 Å². The maximum atomic E-state index is 12.8. The maximum absolute atomic E-state index is 12.8. The SMILES string of the molecule is Cc1cc(C(=O)N2CCO[C@H](c3nc(C(C)C)n[nH]3)C2)c(C)s1. The fraction of sp³-hybridized carbons (Fsp3) is 0.562. The summed E-state index contributed by atoms with van der Waals surface area (Å²) in [5.41, 5.74) is 0.800. The largest absolute Gasteiger partial charge is 0.367 e. The Morgan fingerprint density at radius 3 is 2.87 bits per heavy atom. The maximum Gasteiger partial charge on any atom is 0.255 e. The summed E-state index contributed by atoms with van der Waals surface area (Å²) in [5.74, 6) is 1.81. The zero-order valence-corrected chi connectivity index (χ0v) is 14.7. The molecular weight excluding hydrogens is 312 g/mol. The van der Waals surface area contributed by atoms with Crippen LogP contribution in [0.15, 0.2) is 6.07 Å². The minimum absolute atomic E-state index is 0.0729. The van der Waals surface area contributed by atoms with Crippen LogP contribution in [0.4, 0.5) is 0 Å². The molecule has 2 aromatic rings. The molecule has 0 bridgehead atoms. The number of carbonyl (C=O) groups excluding carboxylic acids is 1. The molecule has 1 saturated heterocycles. The molecule has 124 valence electrons. The van der Waals surface area contributed by atoms with Gasteiger partial charge in [-0.25, -0.2) is 4.98 Å². The monoisotopic (exact) mass is 334 g/mol. The Morgan fingerprint density at radius 1 is 1.48 bits per heavy atom. The topological polar surface area (TPSA) is 71.1 Å². The van der Waals surface area contributed by atoms with E-state index < -0.39 is 0 Å². The number of aryl methyl sites for hydroxylation is 2. The number of thiophene rings is 1. The summed E-state index contributed by atoms with van der Waals surface area (Å²) in [4.78, 5) is 21.3. The second-order valence-corrected chi connectivity index (χ2v) is 7.63. The van der Waals surface area contributed by atoms with Crippen LogP contribution in [0, 0.1) is 13.8 Å². The number of nitrogens with zero attached hydrogens (tertiary/aromatic N) is 3. The lowest BCUT2D eigenvalue weighted by Gasteiger charge is -2.31. The van der Waals surface area contributed by atoms with E-state index in [9.17, 15) is 4.79 Å². The lowest BCUT2D eigenvalue weighted by atomic mass is 10.2. The zero-order valence-electron chi connectivity index (χ0n) is 13.9. The minimum Gasteiger partial charge on any atom is -0.367 e. The van der Waals surface area contributed by atoms with Gasteiger partial charge in [0.1, 0.15) is 6.10 Å². The number of hydrogen-bond acceptors (Lipinski definition) is 5. The van der Waals surface area contributed by atoms with E-state index in [2.05, 4.69) is 15.2 Å². The molecule has 3 heterocycles. The summed E-state index contributed by atoms with van der Waals surface area (Å²) in [5, 5.41) is 7.17. The first-order chi connectivity index (χ1) is 11.0. The fourth-order valence-corrected chi connectivity index (χ4v) is 3.62. The summed E-state index contributed by atoms with van der Waals surface area (Å²) in [6.45, 7) is 9.73. The average Bonchev–Trinajstić information content (AvgIpc) is 3.13. The number of carbonyl (C=O) groups is 1. The van der Waals surface area contributed by atoms with Crippen molar-refractivity contribution in [2.75, 3.05) is 19.7 Å². The van der Waals surface area contributed by atoms with Crippen LogP contribution in [0.1, 0.15) is 57.6 Å². The first-order valence-electron chi connectivity index (χ1n) is 7.85. The lowest BCUT2D eigenvalue weighted by molar-refractivity contribution is -0.0266. The van der Waals surface area contributed by atoms with E-state index in [0.717, 1.165) is 21.1 Å².